The Morgan fingerprint density at radius 3 is 1.91 bits per heavy atom. The van der Waals surface area contributed by atoms with Gasteiger partial charge in [0.25, 0.3) is 5.91 Å². The van der Waals surface area contributed by atoms with Gasteiger partial charge in [0, 0.05) is 17.7 Å². The maximum absolute atomic E-state index is 13.6. The fourth-order valence-electron chi connectivity index (χ4n) is 13.6. The molecule has 0 radical (unpaired) electrons. The lowest BCUT2D eigenvalue weighted by atomic mass is 9.47. The number of rotatable bonds is 29. The average Bonchev–Trinajstić information content (AvgIpc) is 3.68. The van der Waals surface area contributed by atoms with E-state index in [9.17, 15) is 9.59 Å². The third-order valence-electron chi connectivity index (χ3n) is 17.6. The zero-order valence-electron chi connectivity index (χ0n) is 43.7. The molecule has 1 amide bonds. The number of allylic oxidation sites excluding steroid dienone is 1. The highest BCUT2D eigenvalue weighted by atomic mass is 16.5. The predicted molar refractivity (Wildman–Crippen MR) is 279 cm³/mol. The SMILES string of the molecule is CCCCCCCCCCOc1ccc(C(=O)Nc2ccc(C(=O)OC3CC[C@@]4(C)C(=CC[C@H]5[C@@H]6CC[C@H]([C@H](C)CCCC(C)C)[C@@]6(C)CC[C@@H]54)C3)cc2)cc1OCCCCCCCCCC. The molecule has 4 aliphatic rings. The molecule has 1 N–H and O–H groups in total. The predicted octanol–water partition coefficient (Wildman–Crippen LogP) is 17.5. The molecule has 2 aromatic rings. The third-order valence-corrected chi connectivity index (χ3v) is 17.6. The molecular formula is C61H95NO5. The van der Waals surface area contributed by atoms with Gasteiger partial charge in [-0.3, -0.25) is 4.79 Å². The minimum atomic E-state index is -0.283. The van der Waals surface area contributed by atoms with Crippen molar-refractivity contribution in [2.75, 3.05) is 18.5 Å². The molecule has 6 rings (SSSR count). The van der Waals surface area contributed by atoms with Crippen LogP contribution in [0.5, 0.6) is 11.5 Å². The number of nitrogens with one attached hydrogen (secondary N) is 1. The number of fused-ring (bicyclic) bond motifs is 5. The molecule has 0 aromatic heterocycles. The Hall–Kier alpha value is -3.28. The summed E-state index contributed by atoms with van der Waals surface area (Å²) in [6.45, 7) is 18.3. The minimum Gasteiger partial charge on any atom is -0.490 e. The van der Waals surface area contributed by atoms with Crippen LogP contribution in [0, 0.1) is 46.3 Å². The molecule has 2 aromatic carbocycles. The topological polar surface area (TPSA) is 73.9 Å². The number of esters is 1. The molecule has 0 bridgehead atoms. The van der Waals surface area contributed by atoms with Crippen LogP contribution < -0.4 is 14.8 Å². The highest BCUT2D eigenvalue weighted by molar-refractivity contribution is 6.05. The first-order valence-corrected chi connectivity index (χ1v) is 28.2. The third kappa shape index (κ3) is 14.6. The van der Waals surface area contributed by atoms with Crippen molar-refractivity contribution in [3.8, 4) is 11.5 Å². The number of unbranched alkanes of at least 4 members (excludes halogenated alkanes) is 14. The normalized spacial score (nSPS) is 26.0. The Labute approximate surface area is 409 Å². The highest BCUT2D eigenvalue weighted by Gasteiger charge is 2.59. The van der Waals surface area contributed by atoms with Crippen LogP contribution in [0.25, 0.3) is 0 Å². The van der Waals surface area contributed by atoms with E-state index in [1.54, 1.807) is 29.8 Å². The maximum atomic E-state index is 13.6. The van der Waals surface area contributed by atoms with Crippen LogP contribution in [-0.2, 0) is 4.74 Å². The van der Waals surface area contributed by atoms with E-state index < -0.39 is 0 Å². The Kier molecular flexibility index (Phi) is 21.1. The van der Waals surface area contributed by atoms with Gasteiger partial charge in [-0.05, 0) is 147 Å². The van der Waals surface area contributed by atoms with Crippen LogP contribution in [0.1, 0.15) is 243 Å². The number of hydrogen-bond donors (Lipinski definition) is 1. The molecule has 4 aliphatic carbocycles. The second-order valence-electron chi connectivity index (χ2n) is 22.9. The van der Waals surface area contributed by atoms with E-state index in [0.717, 1.165) is 80.5 Å². The Morgan fingerprint density at radius 2 is 1.27 bits per heavy atom. The maximum Gasteiger partial charge on any atom is 0.338 e. The summed E-state index contributed by atoms with van der Waals surface area (Å²) in [5.74, 6) is 5.71. The number of carbonyl (C=O) groups excluding carboxylic acids is 2. The molecule has 374 valence electrons. The molecule has 3 saturated carbocycles. The number of hydrogen-bond acceptors (Lipinski definition) is 5. The van der Waals surface area contributed by atoms with E-state index in [0.29, 0.717) is 46.9 Å². The van der Waals surface area contributed by atoms with E-state index in [1.165, 1.54) is 128 Å². The fourth-order valence-corrected chi connectivity index (χ4v) is 13.6. The molecule has 8 atom stereocenters. The molecule has 67 heavy (non-hydrogen) atoms. The minimum absolute atomic E-state index is 0.0987. The Morgan fingerprint density at radius 1 is 0.657 bits per heavy atom. The summed E-state index contributed by atoms with van der Waals surface area (Å²) in [6, 6.07) is 12.7. The van der Waals surface area contributed by atoms with Crippen LogP contribution in [-0.4, -0.2) is 31.2 Å². The van der Waals surface area contributed by atoms with Gasteiger partial charge in [0.1, 0.15) is 6.10 Å². The Balaban J connectivity index is 0.987. The van der Waals surface area contributed by atoms with Crippen molar-refractivity contribution in [3.05, 3.63) is 65.2 Å². The summed E-state index contributed by atoms with van der Waals surface area (Å²) in [6.07, 6.45) is 36.1. The first kappa shape index (κ1) is 53.1. The van der Waals surface area contributed by atoms with E-state index in [1.807, 2.05) is 18.2 Å². The van der Waals surface area contributed by atoms with Crippen LogP contribution in [0.2, 0.25) is 0 Å². The Bertz CT molecular complexity index is 1830. The van der Waals surface area contributed by atoms with E-state index in [-0.39, 0.29) is 23.4 Å². The van der Waals surface area contributed by atoms with Crippen LogP contribution in [0.4, 0.5) is 5.69 Å². The number of anilines is 1. The first-order valence-electron chi connectivity index (χ1n) is 28.2. The summed E-state index contributed by atoms with van der Waals surface area (Å²) >= 11 is 0. The van der Waals surface area contributed by atoms with Gasteiger partial charge in [-0.15, -0.1) is 0 Å². The van der Waals surface area contributed by atoms with Gasteiger partial charge >= 0.3 is 5.97 Å². The molecule has 6 heteroatoms. The van der Waals surface area contributed by atoms with Crippen LogP contribution in [0.15, 0.2) is 54.1 Å². The van der Waals surface area contributed by atoms with E-state index in [4.69, 9.17) is 14.2 Å². The van der Waals surface area contributed by atoms with Gasteiger partial charge in [-0.2, -0.15) is 0 Å². The lowest BCUT2D eigenvalue weighted by molar-refractivity contribution is -0.0594. The lowest BCUT2D eigenvalue weighted by Crippen LogP contribution is -2.51. The molecule has 0 spiro atoms. The van der Waals surface area contributed by atoms with Crippen molar-refractivity contribution in [1.29, 1.82) is 0 Å². The van der Waals surface area contributed by atoms with Gasteiger partial charge in [-0.1, -0.05) is 169 Å². The van der Waals surface area contributed by atoms with Gasteiger partial charge in [0.05, 0.1) is 18.8 Å². The number of carbonyl (C=O) groups is 2. The standard InChI is InChI=1S/C61H95NO5/c1-8-10-12-14-16-18-20-22-41-65-56-36-29-48(43-57(56)66-42-23-21-19-17-15-13-11-9-2)58(63)62-50-31-27-47(28-32-50)59(64)67-51-37-39-60(6)49(44-51)30-33-52-54-35-34-53(46(5)26-24-25-45(3)4)61(54,7)40-38-55(52)60/h27-32,36,43,45-46,51-55H,8-26,33-35,37-42,44H2,1-7H3,(H,62,63)/t46-,51?,52+,53-,54+,55+,60+,61-/m1/s1. The summed E-state index contributed by atoms with van der Waals surface area (Å²) in [7, 11) is 0. The summed E-state index contributed by atoms with van der Waals surface area (Å²) in [5.41, 5.74) is 3.90. The summed E-state index contributed by atoms with van der Waals surface area (Å²) in [5, 5.41) is 3.04. The summed E-state index contributed by atoms with van der Waals surface area (Å²) in [4.78, 5) is 27.2. The van der Waals surface area contributed by atoms with Crippen molar-refractivity contribution in [1.82, 2.24) is 0 Å². The second-order valence-corrected chi connectivity index (χ2v) is 22.9. The molecule has 1 unspecified atom stereocenters. The molecule has 0 heterocycles. The molecule has 0 saturated heterocycles. The second kappa shape index (κ2) is 26.6. The van der Waals surface area contributed by atoms with Crippen LogP contribution >= 0.6 is 0 Å². The van der Waals surface area contributed by atoms with Crippen molar-refractivity contribution >= 4 is 17.6 Å². The summed E-state index contributed by atoms with van der Waals surface area (Å²) < 4.78 is 18.8. The lowest BCUT2D eigenvalue weighted by Gasteiger charge is -2.58. The average molecular weight is 922 g/mol. The van der Waals surface area contributed by atoms with Gasteiger partial charge in [-0.25, -0.2) is 4.79 Å². The zero-order chi connectivity index (χ0) is 47.7. The largest absolute Gasteiger partial charge is 0.490 e. The van der Waals surface area contributed by atoms with Crippen LogP contribution in [0.3, 0.4) is 0 Å². The smallest absolute Gasteiger partial charge is 0.338 e. The zero-order valence-corrected chi connectivity index (χ0v) is 43.7. The van der Waals surface area contributed by atoms with Gasteiger partial charge in [0.15, 0.2) is 11.5 Å². The fraction of sp³-hybridized carbons (Fsp3) is 0.738. The number of benzene rings is 2. The highest BCUT2D eigenvalue weighted by Crippen LogP contribution is 2.67. The van der Waals surface area contributed by atoms with Gasteiger partial charge in [0.2, 0.25) is 0 Å². The van der Waals surface area contributed by atoms with Crippen molar-refractivity contribution in [3.63, 3.8) is 0 Å². The van der Waals surface area contributed by atoms with Gasteiger partial charge < -0.3 is 19.5 Å². The first-order chi connectivity index (χ1) is 32.5. The van der Waals surface area contributed by atoms with E-state index in [2.05, 4.69) is 59.9 Å². The molecule has 3 fully saturated rings. The molecule has 0 aliphatic heterocycles. The van der Waals surface area contributed by atoms with E-state index >= 15 is 0 Å². The molecule has 6 nitrogen and oxygen atoms in total. The van der Waals surface area contributed by atoms with Crippen molar-refractivity contribution in [2.24, 2.45) is 46.3 Å². The monoisotopic (exact) mass is 922 g/mol. The number of ether oxygens (including phenoxy) is 3. The van der Waals surface area contributed by atoms with Crippen molar-refractivity contribution in [2.45, 2.75) is 228 Å². The number of amides is 1. The quantitative estimate of drug-likeness (QED) is 0.0500. The molecular weight excluding hydrogens is 827 g/mol. The van der Waals surface area contributed by atoms with Crippen molar-refractivity contribution < 1.29 is 23.8 Å².